The molecule has 6 heteroatoms. The average molecular weight is 275 g/mol. The van der Waals surface area contributed by atoms with Crippen LogP contribution in [0.1, 0.15) is 31.0 Å². The third-order valence-electron chi connectivity index (χ3n) is 2.59. The van der Waals surface area contributed by atoms with Crippen LogP contribution in [0.5, 0.6) is 0 Å². The summed E-state index contributed by atoms with van der Waals surface area (Å²) in [6, 6.07) is 4.70. The summed E-state index contributed by atoms with van der Waals surface area (Å²) in [5, 5.41) is 2.72. The smallest absolute Gasteiger partial charge is 0.416 e. The Morgan fingerprint density at radius 1 is 1.37 bits per heavy atom. The summed E-state index contributed by atoms with van der Waals surface area (Å²) in [4.78, 5) is 11.2. The molecule has 0 amide bonds. The standard InChI is InChI=1S/C13H16F3NO2/c1-3-19-12(18)8-17-9(2)10-6-4-5-7-11(10)13(14,15)16/h4-7,9,17H,3,8H2,1-2H3. The first kappa shape index (κ1) is 15.5. The minimum absolute atomic E-state index is 0.110. The van der Waals surface area contributed by atoms with Crippen molar-refractivity contribution in [2.45, 2.75) is 26.1 Å². The Balaban J connectivity index is 2.77. The molecule has 0 fully saturated rings. The number of carbonyl (C=O) groups excluding carboxylic acids is 1. The number of ether oxygens (including phenoxy) is 1. The maximum absolute atomic E-state index is 12.8. The molecule has 0 aliphatic rings. The lowest BCUT2D eigenvalue weighted by atomic mass is 10.0. The summed E-state index contributed by atoms with van der Waals surface area (Å²) in [6.07, 6.45) is -4.41. The summed E-state index contributed by atoms with van der Waals surface area (Å²) in [6.45, 7) is 3.36. The van der Waals surface area contributed by atoms with Gasteiger partial charge in [0.2, 0.25) is 0 Å². The maximum atomic E-state index is 12.8. The van der Waals surface area contributed by atoms with Crippen LogP contribution in [-0.2, 0) is 15.7 Å². The van der Waals surface area contributed by atoms with Crippen LogP contribution in [0, 0.1) is 0 Å². The Hall–Kier alpha value is -1.56. The second-order valence-corrected chi connectivity index (χ2v) is 3.99. The molecule has 1 atom stereocenters. The molecule has 1 N–H and O–H groups in total. The Bertz CT molecular complexity index is 432. The van der Waals surface area contributed by atoms with Gasteiger partial charge in [0.25, 0.3) is 0 Å². The van der Waals surface area contributed by atoms with E-state index in [0.717, 1.165) is 6.07 Å². The molecule has 0 aliphatic heterocycles. The van der Waals surface area contributed by atoms with E-state index < -0.39 is 23.8 Å². The molecule has 3 nitrogen and oxygen atoms in total. The van der Waals surface area contributed by atoms with E-state index in [1.807, 2.05) is 0 Å². The molecule has 1 aromatic carbocycles. The second kappa shape index (κ2) is 6.56. The molecule has 0 saturated heterocycles. The third kappa shape index (κ3) is 4.55. The van der Waals surface area contributed by atoms with E-state index >= 15 is 0 Å². The predicted octanol–water partition coefficient (Wildman–Crippen LogP) is 2.92. The SMILES string of the molecule is CCOC(=O)CNC(C)c1ccccc1C(F)(F)F. The monoisotopic (exact) mass is 275 g/mol. The molecule has 0 aromatic heterocycles. The van der Waals surface area contributed by atoms with Crippen molar-refractivity contribution in [2.75, 3.05) is 13.2 Å². The van der Waals surface area contributed by atoms with Crippen molar-refractivity contribution >= 4 is 5.97 Å². The van der Waals surface area contributed by atoms with E-state index in [-0.39, 0.29) is 18.7 Å². The molecule has 0 spiro atoms. The number of alkyl halides is 3. The van der Waals surface area contributed by atoms with Gasteiger partial charge in [0, 0.05) is 6.04 Å². The van der Waals surface area contributed by atoms with Crippen LogP contribution in [0.4, 0.5) is 13.2 Å². The van der Waals surface area contributed by atoms with Crippen LogP contribution >= 0.6 is 0 Å². The van der Waals surface area contributed by atoms with Crippen LogP contribution in [0.3, 0.4) is 0 Å². The summed E-state index contributed by atoms with van der Waals surface area (Å²) in [5.41, 5.74) is -0.585. The molecule has 0 aliphatic carbocycles. The fourth-order valence-corrected chi connectivity index (χ4v) is 1.69. The van der Waals surface area contributed by atoms with Crippen molar-refractivity contribution in [3.8, 4) is 0 Å². The number of hydrogen-bond donors (Lipinski definition) is 1. The zero-order chi connectivity index (χ0) is 14.5. The van der Waals surface area contributed by atoms with Gasteiger partial charge in [-0.1, -0.05) is 18.2 Å². The first-order chi connectivity index (χ1) is 8.86. The minimum Gasteiger partial charge on any atom is -0.465 e. The van der Waals surface area contributed by atoms with Crippen LogP contribution in [0.15, 0.2) is 24.3 Å². The van der Waals surface area contributed by atoms with Crippen molar-refractivity contribution in [1.29, 1.82) is 0 Å². The van der Waals surface area contributed by atoms with Gasteiger partial charge in [-0.2, -0.15) is 13.2 Å². The number of rotatable bonds is 5. The van der Waals surface area contributed by atoms with Gasteiger partial charge in [-0.25, -0.2) is 0 Å². The number of halogens is 3. The summed E-state index contributed by atoms with van der Waals surface area (Å²) < 4.78 is 43.1. The van der Waals surface area contributed by atoms with E-state index in [1.165, 1.54) is 18.2 Å². The highest BCUT2D eigenvalue weighted by atomic mass is 19.4. The molecular formula is C13H16F3NO2. The first-order valence-electron chi connectivity index (χ1n) is 5.91. The van der Waals surface area contributed by atoms with E-state index in [0.29, 0.717) is 0 Å². The van der Waals surface area contributed by atoms with Gasteiger partial charge >= 0.3 is 12.1 Å². The van der Waals surface area contributed by atoms with Gasteiger partial charge in [-0.05, 0) is 25.5 Å². The highest BCUT2D eigenvalue weighted by Gasteiger charge is 2.34. The largest absolute Gasteiger partial charge is 0.465 e. The van der Waals surface area contributed by atoms with E-state index in [1.54, 1.807) is 13.8 Å². The number of esters is 1. The van der Waals surface area contributed by atoms with Gasteiger partial charge in [-0.15, -0.1) is 0 Å². The molecule has 0 radical (unpaired) electrons. The lowest BCUT2D eigenvalue weighted by molar-refractivity contribution is -0.142. The molecule has 1 aromatic rings. The van der Waals surface area contributed by atoms with Gasteiger partial charge in [0.1, 0.15) is 0 Å². The van der Waals surface area contributed by atoms with E-state index in [9.17, 15) is 18.0 Å². The molecule has 1 unspecified atom stereocenters. The number of carbonyl (C=O) groups is 1. The maximum Gasteiger partial charge on any atom is 0.416 e. The van der Waals surface area contributed by atoms with E-state index in [4.69, 9.17) is 4.74 Å². The van der Waals surface area contributed by atoms with Crippen molar-refractivity contribution in [2.24, 2.45) is 0 Å². The summed E-state index contributed by atoms with van der Waals surface area (Å²) in [7, 11) is 0. The lowest BCUT2D eigenvalue weighted by Gasteiger charge is -2.19. The van der Waals surface area contributed by atoms with Crippen molar-refractivity contribution in [3.05, 3.63) is 35.4 Å². The molecule has 106 valence electrons. The Labute approximate surface area is 109 Å². The van der Waals surface area contributed by atoms with Crippen molar-refractivity contribution in [1.82, 2.24) is 5.32 Å². The van der Waals surface area contributed by atoms with Gasteiger partial charge < -0.3 is 10.1 Å². The minimum atomic E-state index is -4.41. The number of nitrogens with one attached hydrogen (secondary N) is 1. The van der Waals surface area contributed by atoms with Gasteiger partial charge in [-0.3, -0.25) is 4.79 Å². The number of benzene rings is 1. The molecule has 19 heavy (non-hydrogen) atoms. The molecular weight excluding hydrogens is 259 g/mol. The summed E-state index contributed by atoms with van der Waals surface area (Å²) >= 11 is 0. The molecule has 0 saturated carbocycles. The van der Waals surface area contributed by atoms with Crippen LogP contribution < -0.4 is 5.32 Å². The average Bonchev–Trinajstić information content (AvgIpc) is 2.35. The highest BCUT2D eigenvalue weighted by molar-refractivity contribution is 5.71. The van der Waals surface area contributed by atoms with E-state index in [2.05, 4.69) is 5.32 Å². The van der Waals surface area contributed by atoms with Gasteiger partial charge in [0.05, 0.1) is 18.7 Å². The normalized spacial score (nSPS) is 13.1. The fraction of sp³-hybridized carbons (Fsp3) is 0.462. The topological polar surface area (TPSA) is 38.3 Å². The zero-order valence-corrected chi connectivity index (χ0v) is 10.8. The van der Waals surface area contributed by atoms with Gasteiger partial charge in [0.15, 0.2) is 0 Å². The summed E-state index contributed by atoms with van der Waals surface area (Å²) in [5.74, 6) is -0.487. The predicted molar refractivity (Wildman–Crippen MR) is 64.5 cm³/mol. The lowest BCUT2D eigenvalue weighted by Crippen LogP contribution is -2.28. The Morgan fingerprint density at radius 2 is 2.00 bits per heavy atom. The van der Waals surface area contributed by atoms with Crippen LogP contribution in [-0.4, -0.2) is 19.1 Å². The zero-order valence-electron chi connectivity index (χ0n) is 10.8. The molecule has 0 bridgehead atoms. The highest BCUT2D eigenvalue weighted by Crippen LogP contribution is 2.34. The third-order valence-corrected chi connectivity index (χ3v) is 2.59. The number of hydrogen-bond acceptors (Lipinski definition) is 3. The van der Waals surface area contributed by atoms with Crippen molar-refractivity contribution < 1.29 is 22.7 Å². The Morgan fingerprint density at radius 3 is 2.58 bits per heavy atom. The quantitative estimate of drug-likeness (QED) is 0.840. The Kier molecular flexibility index (Phi) is 5.35. The molecule has 0 heterocycles. The van der Waals surface area contributed by atoms with Crippen molar-refractivity contribution in [3.63, 3.8) is 0 Å². The first-order valence-corrected chi connectivity index (χ1v) is 5.91. The fourth-order valence-electron chi connectivity index (χ4n) is 1.69. The second-order valence-electron chi connectivity index (χ2n) is 3.99. The van der Waals surface area contributed by atoms with Crippen LogP contribution in [0.25, 0.3) is 0 Å². The molecule has 1 rings (SSSR count). The van der Waals surface area contributed by atoms with Crippen LogP contribution in [0.2, 0.25) is 0 Å².